The SMILES string of the molecule is CCOCc1ccccc1OCCNC(=O)c1ccc2nc(C(C)c3nc4ccccc4[nH]3)n(C)c2c1. The summed E-state index contributed by atoms with van der Waals surface area (Å²) < 4.78 is 13.4. The third-order valence-corrected chi connectivity index (χ3v) is 6.46. The Kier molecular flexibility index (Phi) is 7.18. The van der Waals surface area contributed by atoms with Crippen LogP contribution in [0, 0.1) is 0 Å². The van der Waals surface area contributed by atoms with Crippen LogP contribution in [0.5, 0.6) is 5.75 Å². The molecule has 0 bridgehead atoms. The van der Waals surface area contributed by atoms with Crippen LogP contribution in [0.2, 0.25) is 0 Å². The molecule has 1 unspecified atom stereocenters. The summed E-state index contributed by atoms with van der Waals surface area (Å²) in [5, 5.41) is 2.95. The number of aryl methyl sites for hydroxylation is 1. The third-order valence-electron chi connectivity index (χ3n) is 6.46. The Hall–Kier alpha value is -4.17. The second kappa shape index (κ2) is 10.8. The summed E-state index contributed by atoms with van der Waals surface area (Å²) in [6, 6.07) is 21.3. The molecule has 5 rings (SSSR count). The summed E-state index contributed by atoms with van der Waals surface area (Å²) in [6.07, 6.45) is 0. The molecule has 5 aromatic rings. The molecule has 2 heterocycles. The van der Waals surface area contributed by atoms with Gasteiger partial charge < -0.3 is 24.3 Å². The molecule has 0 saturated heterocycles. The number of nitrogens with zero attached hydrogens (tertiary/aromatic N) is 3. The van der Waals surface area contributed by atoms with Crippen LogP contribution in [-0.2, 0) is 18.4 Å². The fourth-order valence-electron chi connectivity index (χ4n) is 4.44. The molecule has 2 N–H and O–H groups in total. The molecule has 0 radical (unpaired) electrons. The number of benzene rings is 3. The lowest BCUT2D eigenvalue weighted by atomic mass is 10.1. The minimum Gasteiger partial charge on any atom is -0.491 e. The average Bonchev–Trinajstić information content (AvgIpc) is 3.51. The van der Waals surface area contributed by atoms with Gasteiger partial charge in [0.25, 0.3) is 5.91 Å². The van der Waals surface area contributed by atoms with Gasteiger partial charge in [-0.25, -0.2) is 9.97 Å². The number of nitrogens with one attached hydrogen (secondary N) is 2. The average molecular weight is 498 g/mol. The topological polar surface area (TPSA) is 94.1 Å². The number of ether oxygens (including phenoxy) is 2. The summed E-state index contributed by atoms with van der Waals surface area (Å²) >= 11 is 0. The van der Waals surface area contributed by atoms with E-state index >= 15 is 0 Å². The van der Waals surface area contributed by atoms with E-state index in [1.165, 1.54) is 0 Å². The highest BCUT2D eigenvalue weighted by molar-refractivity contribution is 5.97. The van der Waals surface area contributed by atoms with E-state index in [4.69, 9.17) is 19.4 Å². The number of rotatable bonds is 10. The minimum atomic E-state index is -0.152. The van der Waals surface area contributed by atoms with Crippen LogP contribution >= 0.6 is 0 Å². The molecule has 190 valence electrons. The smallest absolute Gasteiger partial charge is 0.251 e. The van der Waals surface area contributed by atoms with E-state index in [1.807, 2.05) is 79.2 Å². The number of carbonyl (C=O) groups is 1. The second-order valence-electron chi connectivity index (χ2n) is 8.94. The standard InChI is InChI=1S/C29H31N5O3/c1-4-36-18-21-9-5-8-12-26(21)37-16-15-30-29(35)20-13-14-24-25(17-20)34(3)28(33-24)19(2)27-31-22-10-6-7-11-23(22)32-27/h5-14,17,19H,4,15-16,18H2,1-3H3,(H,30,35)(H,31,32). The van der Waals surface area contributed by atoms with Crippen molar-refractivity contribution >= 4 is 28.0 Å². The first-order chi connectivity index (χ1) is 18.0. The van der Waals surface area contributed by atoms with Gasteiger partial charge in [0.2, 0.25) is 0 Å². The van der Waals surface area contributed by atoms with Crippen molar-refractivity contribution in [3.8, 4) is 5.75 Å². The van der Waals surface area contributed by atoms with Gasteiger partial charge in [-0.2, -0.15) is 0 Å². The lowest BCUT2D eigenvalue weighted by Crippen LogP contribution is -2.28. The van der Waals surface area contributed by atoms with Crippen LogP contribution in [0.25, 0.3) is 22.1 Å². The monoisotopic (exact) mass is 497 g/mol. The maximum Gasteiger partial charge on any atom is 0.251 e. The maximum absolute atomic E-state index is 12.8. The summed E-state index contributed by atoms with van der Waals surface area (Å²) in [7, 11) is 1.97. The molecule has 8 nitrogen and oxygen atoms in total. The fourth-order valence-corrected chi connectivity index (χ4v) is 4.44. The zero-order valence-electron chi connectivity index (χ0n) is 21.3. The molecule has 0 aliphatic carbocycles. The Morgan fingerprint density at radius 1 is 1.05 bits per heavy atom. The summed E-state index contributed by atoms with van der Waals surface area (Å²) in [5.74, 6) is 2.32. The van der Waals surface area contributed by atoms with Crippen molar-refractivity contribution in [2.45, 2.75) is 26.4 Å². The first kappa shape index (κ1) is 24.5. The summed E-state index contributed by atoms with van der Waals surface area (Å²) in [6.45, 7) is 5.94. The van der Waals surface area contributed by atoms with Gasteiger partial charge in [0.1, 0.15) is 24.0 Å². The molecule has 0 fully saturated rings. The molecule has 1 atom stereocenters. The van der Waals surface area contributed by atoms with Crippen molar-refractivity contribution in [2.24, 2.45) is 7.05 Å². The normalized spacial score (nSPS) is 12.2. The Bertz CT molecular complexity index is 1500. The molecule has 3 aromatic carbocycles. The number of H-pyrrole nitrogens is 1. The Balaban J connectivity index is 1.25. The number of hydrogen-bond donors (Lipinski definition) is 2. The number of amides is 1. The first-order valence-corrected chi connectivity index (χ1v) is 12.5. The van der Waals surface area contributed by atoms with E-state index in [0.29, 0.717) is 31.9 Å². The zero-order chi connectivity index (χ0) is 25.8. The van der Waals surface area contributed by atoms with Crippen LogP contribution in [0.15, 0.2) is 66.7 Å². The molecule has 1 amide bonds. The van der Waals surface area contributed by atoms with Gasteiger partial charge in [-0.15, -0.1) is 0 Å². The fraction of sp³-hybridized carbons (Fsp3) is 0.276. The van der Waals surface area contributed by atoms with Crippen molar-refractivity contribution in [3.63, 3.8) is 0 Å². The first-order valence-electron chi connectivity index (χ1n) is 12.5. The lowest BCUT2D eigenvalue weighted by Gasteiger charge is -2.12. The van der Waals surface area contributed by atoms with Crippen LogP contribution in [0.3, 0.4) is 0 Å². The van der Waals surface area contributed by atoms with Gasteiger partial charge in [0.15, 0.2) is 0 Å². The Morgan fingerprint density at radius 2 is 1.86 bits per heavy atom. The highest BCUT2D eigenvalue weighted by Gasteiger charge is 2.20. The number of fused-ring (bicyclic) bond motifs is 2. The highest BCUT2D eigenvalue weighted by atomic mass is 16.5. The second-order valence-corrected chi connectivity index (χ2v) is 8.94. The molecule has 8 heteroatoms. The van der Waals surface area contributed by atoms with Crippen molar-refractivity contribution in [1.82, 2.24) is 24.8 Å². The summed E-state index contributed by atoms with van der Waals surface area (Å²) in [4.78, 5) is 25.8. The van der Waals surface area contributed by atoms with Gasteiger partial charge in [-0.1, -0.05) is 30.3 Å². The number of carbonyl (C=O) groups excluding carboxylic acids is 1. The van der Waals surface area contributed by atoms with Crippen LogP contribution in [-0.4, -0.2) is 45.2 Å². The van der Waals surface area contributed by atoms with Gasteiger partial charge in [0.05, 0.1) is 41.1 Å². The maximum atomic E-state index is 12.8. The number of imidazole rings is 2. The van der Waals surface area contributed by atoms with Gasteiger partial charge in [-0.3, -0.25) is 4.79 Å². The molecule has 0 spiro atoms. The number of para-hydroxylation sites is 3. The Morgan fingerprint density at radius 3 is 2.70 bits per heavy atom. The van der Waals surface area contributed by atoms with Crippen molar-refractivity contribution < 1.29 is 14.3 Å². The van der Waals surface area contributed by atoms with Crippen molar-refractivity contribution in [1.29, 1.82) is 0 Å². The third kappa shape index (κ3) is 5.20. The number of aromatic nitrogens is 4. The van der Waals surface area contributed by atoms with Crippen LogP contribution in [0.1, 0.15) is 47.3 Å². The number of hydrogen-bond acceptors (Lipinski definition) is 5. The minimum absolute atomic E-state index is 0.0372. The predicted octanol–water partition coefficient (Wildman–Crippen LogP) is 4.95. The van der Waals surface area contributed by atoms with E-state index in [-0.39, 0.29) is 11.8 Å². The van der Waals surface area contributed by atoms with E-state index in [0.717, 1.165) is 45.0 Å². The van der Waals surface area contributed by atoms with E-state index < -0.39 is 0 Å². The predicted molar refractivity (Wildman–Crippen MR) is 144 cm³/mol. The zero-order valence-corrected chi connectivity index (χ0v) is 21.3. The lowest BCUT2D eigenvalue weighted by molar-refractivity contribution is 0.0946. The van der Waals surface area contributed by atoms with Crippen LogP contribution < -0.4 is 10.1 Å². The molecular formula is C29H31N5O3. The summed E-state index contributed by atoms with van der Waals surface area (Å²) in [5.41, 5.74) is 5.24. The van der Waals surface area contributed by atoms with Crippen molar-refractivity contribution in [3.05, 3.63) is 89.5 Å². The quantitative estimate of drug-likeness (QED) is 0.266. The molecule has 37 heavy (non-hydrogen) atoms. The molecule has 0 saturated carbocycles. The van der Waals surface area contributed by atoms with Gasteiger partial charge >= 0.3 is 0 Å². The molecule has 2 aromatic heterocycles. The van der Waals surface area contributed by atoms with E-state index in [9.17, 15) is 4.79 Å². The van der Waals surface area contributed by atoms with Gasteiger partial charge in [-0.05, 0) is 50.2 Å². The molecule has 0 aliphatic rings. The number of aromatic amines is 1. The van der Waals surface area contributed by atoms with Gasteiger partial charge in [0, 0.05) is 24.8 Å². The Labute approximate surface area is 215 Å². The highest BCUT2D eigenvalue weighted by Crippen LogP contribution is 2.27. The van der Waals surface area contributed by atoms with E-state index in [2.05, 4.69) is 17.2 Å². The van der Waals surface area contributed by atoms with E-state index in [1.54, 1.807) is 6.07 Å². The van der Waals surface area contributed by atoms with Crippen LogP contribution in [0.4, 0.5) is 0 Å². The largest absolute Gasteiger partial charge is 0.491 e. The van der Waals surface area contributed by atoms with Crippen molar-refractivity contribution in [2.75, 3.05) is 19.8 Å². The molecule has 0 aliphatic heterocycles. The molecular weight excluding hydrogens is 466 g/mol.